The molecule has 0 aliphatic heterocycles. The third-order valence-corrected chi connectivity index (χ3v) is 4.34. The number of rotatable bonds is 5. The van der Waals surface area contributed by atoms with Gasteiger partial charge in [0.1, 0.15) is 5.54 Å². The van der Waals surface area contributed by atoms with Crippen molar-refractivity contribution in [3.63, 3.8) is 0 Å². The predicted molar refractivity (Wildman–Crippen MR) is 67.5 cm³/mol. The van der Waals surface area contributed by atoms with Crippen LogP contribution in [0.15, 0.2) is 30.3 Å². The summed E-state index contributed by atoms with van der Waals surface area (Å²) in [5.41, 5.74) is -0.722. The highest BCUT2D eigenvalue weighted by Gasteiger charge is 2.68. The van der Waals surface area contributed by atoms with Gasteiger partial charge < -0.3 is 0 Å². The Hall–Kier alpha value is -1.03. The molecular formula is C15H18F3N. The Morgan fingerprint density at radius 3 is 1.89 bits per heavy atom. The van der Waals surface area contributed by atoms with Crippen LogP contribution in [-0.2, 0) is 6.54 Å². The highest BCUT2D eigenvalue weighted by atomic mass is 19.4. The largest absolute Gasteiger partial charge is 0.407 e. The van der Waals surface area contributed by atoms with E-state index in [2.05, 4.69) is 5.32 Å². The van der Waals surface area contributed by atoms with Gasteiger partial charge in [-0.25, -0.2) is 0 Å². The second-order valence-corrected chi connectivity index (χ2v) is 5.75. The number of halogens is 3. The van der Waals surface area contributed by atoms with E-state index in [1.54, 1.807) is 0 Å². The number of hydrogen-bond acceptors (Lipinski definition) is 1. The third kappa shape index (κ3) is 2.38. The van der Waals surface area contributed by atoms with Gasteiger partial charge in [0, 0.05) is 6.54 Å². The molecule has 3 rings (SSSR count). The van der Waals surface area contributed by atoms with Crippen molar-refractivity contribution in [2.75, 3.05) is 0 Å². The molecule has 1 N–H and O–H groups in total. The van der Waals surface area contributed by atoms with Gasteiger partial charge in [-0.1, -0.05) is 30.3 Å². The number of benzene rings is 1. The summed E-state index contributed by atoms with van der Waals surface area (Å²) in [6.45, 7) is 0.299. The molecule has 104 valence electrons. The van der Waals surface area contributed by atoms with E-state index in [1.165, 1.54) is 0 Å². The SMILES string of the molecule is FC(F)(F)C(NCc1ccccc1)(C1CC1)C1CC1. The molecule has 2 aliphatic carbocycles. The van der Waals surface area contributed by atoms with Crippen LogP contribution < -0.4 is 5.32 Å². The average molecular weight is 269 g/mol. The molecule has 0 aromatic heterocycles. The van der Waals surface area contributed by atoms with Gasteiger partial charge in [0.2, 0.25) is 0 Å². The van der Waals surface area contributed by atoms with Crippen LogP contribution >= 0.6 is 0 Å². The summed E-state index contributed by atoms with van der Waals surface area (Å²) in [4.78, 5) is 0. The van der Waals surface area contributed by atoms with E-state index in [4.69, 9.17) is 0 Å². The van der Waals surface area contributed by atoms with E-state index in [-0.39, 0.29) is 11.8 Å². The van der Waals surface area contributed by atoms with Crippen molar-refractivity contribution < 1.29 is 13.2 Å². The van der Waals surface area contributed by atoms with Crippen LogP contribution in [0.3, 0.4) is 0 Å². The summed E-state index contributed by atoms with van der Waals surface area (Å²) in [6, 6.07) is 9.34. The van der Waals surface area contributed by atoms with Gasteiger partial charge in [-0.05, 0) is 43.1 Å². The molecule has 0 atom stereocenters. The maximum atomic E-state index is 13.6. The fraction of sp³-hybridized carbons (Fsp3) is 0.600. The molecule has 1 aromatic rings. The lowest BCUT2D eigenvalue weighted by atomic mass is 9.86. The van der Waals surface area contributed by atoms with Crippen LogP contribution in [0.2, 0.25) is 0 Å². The van der Waals surface area contributed by atoms with Crippen LogP contribution in [0.5, 0.6) is 0 Å². The summed E-state index contributed by atoms with van der Waals surface area (Å²) in [6.07, 6.45) is -1.32. The van der Waals surface area contributed by atoms with Crippen molar-refractivity contribution in [1.82, 2.24) is 5.32 Å². The van der Waals surface area contributed by atoms with E-state index in [1.807, 2.05) is 30.3 Å². The van der Waals surface area contributed by atoms with Crippen molar-refractivity contribution >= 4 is 0 Å². The molecule has 2 fully saturated rings. The summed E-state index contributed by atoms with van der Waals surface area (Å²) in [7, 11) is 0. The predicted octanol–water partition coefficient (Wildman–Crippen LogP) is 3.90. The maximum Gasteiger partial charge on any atom is 0.407 e. The number of nitrogens with one attached hydrogen (secondary N) is 1. The molecule has 0 radical (unpaired) electrons. The minimum atomic E-state index is -4.15. The first kappa shape index (κ1) is 13.0. The number of hydrogen-bond donors (Lipinski definition) is 1. The fourth-order valence-corrected chi connectivity index (χ4v) is 3.11. The summed E-state index contributed by atoms with van der Waals surface area (Å²) in [5.74, 6) is -0.438. The molecule has 1 nitrogen and oxygen atoms in total. The molecule has 1 aromatic carbocycles. The summed E-state index contributed by atoms with van der Waals surface area (Å²) < 4.78 is 40.8. The Bertz CT molecular complexity index is 420. The molecule has 2 aliphatic rings. The first-order chi connectivity index (χ1) is 9.04. The molecule has 19 heavy (non-hydrogen) atoms. The maximum absolute atomic E-state index is 13.6. The standard InChI is InChI=1S/C15H18F3N/c16-15(17,18)14(12-6-7-12,13-8-9-13)19-10-11-4-2-1-3-5-11/h1-5,12-13,19H,6-10H2. The van der Waals surface area contributed by atoms with Gasteiger partial charge >= 0.3 is 6.18 Å². The first-order valence-corrected chi connectivity index (χ1v) is 6.90. The fourth-order valence-electron chi connectivity index (χ4n) is 3.11. The van der Waals surface area contributed by atoms with Gasteiger partial charge in [-0.2, -0.15) is 13.2 Å². The molecule has 2 saturated carbocycles. The van der Waals surface area contributed by atoms with E-state index in [0.29, 0.717) is 32.2 Å². The monoisotopic (exact) mass is 269 g/mol. The van der Waals surface area contributed by atoms with E-state index in [9.17, 15) is 13.2 Å². The summed E-state index contributed by atoms with van der Waals surface area (Å²) in [5, 5.41) is 2.89. The van der Waals surface area contributed by atoms with Crippen LogP contribution in [-0.4, -0.2) is 11.7 Å². The zero-order valence-electron chi connectivity index (χ0n) is 10.7. The van der Waals surface area contributed by atoms with Crippen LogP contribution in [0.1, 0.15) is 31.2 Å². The number of alkyl halides is 3. The molecule has 0 bridgehead atoms. The minimum absolute atomic E-state index is 0.219. The summed E-state index contributed by atoms with van der Waals surface area (Å²) >= 11 is 0. The molecule has 0 saturated heterocycles. The highest BCUT2D eigenvalue weighted by Crippen LogP contribution is 2.58. The lowest BCUT2D eigenvalue weighted by molar-refractivity contribution is -0.211. The van der Waals surface area contributed by atoms with Crippen LogP contribution in [0.4, 0.5) is 13.2 Å². The van der Waals surface area contributed by atoms with Crippen molar-refractivity contribution in [2.24, 2.45) is 11.8 Å². The molecule has 0 unspecified atom stereocenters. The van der Waals surface area contributed by atoms with Crippen molar-refractivity contribution in [1.29, 1.82) is 0 Å². The Balaban J connectivity index is 1.80. The zero-order chi connectivity index (χ0) is 13.5. The smallest absolute Gasteiger partial charge is 0.299 e. The van der Waals surface area contributed by atoms with Gasteiger partial charge in [0.15, 0.2) is 0 Å². The molecule has 0 amide bonds. The molecular weight excluding hydrogens is 251 g/mol. The van der Waals surface area contributed by atoms with E-state index >= 15 is 0 Å². The first-order valence-electron chi connectivity index (χ1n) is 6.90. The van der Waals surface area contributed by atoms with Crippen LogP contribution in [0, 0.1) is 11.8 Å². The van der Waals surface area contributed by atoms with Gasteiger partial charge in [-0.3, -0.25) is 5.32 Å². The highest BCUT2D eigenvalue weighted by molar-refractivity contribution is 5.18. The quantitative estimate of drug-likeness (QED) is 0.855. The second kappa shape index (κ2) is 4.51. The second-order valence-electron chi connectivity index (χ2n) is 5.75. The topological polar surface area (TPSA) is 12.0 Å². The lowest BCUT2D eigenvalue weighted by Crippen LogP contribution is -2.60. The average Bonchev–Trinajstić information content (AvgIpc) is 3.23. The lowest BCUT2D eigenvalue weighted by Gasteiger charge is -2.37. The van der Waals surface area contributed by atoms with E-state index in [0.717, 1.165) is 5.56 Å². The normalized spacial score (nSPS) is 20.6. The molecule has 4 heteroatoms. The Labute approximate surface area is 111 Å². The van der Waals surface area contributed by atoms with Gasteiger partial charge in [0.25, 0.3) is 0 Å². The van der Waals surface area contributed by atoms with Gasteiger partial charge in [0.05, 0.1) is 0 Å². The van der Waals surface area contributed by atoms with E-state index < -0.39 is 11.7 Å². The Morgan fingerprint density at radius 2 is 1.47 bits per heavy atom. The third-order valence-electron chi connectivity index (χ3n) is 4.34. The molecule has 0 spiro atoms. The van der Waals surface area contributed by atoms with Crippen molar-refractivity contribution in [3.05, 3.63) is 35.9 Å². The zero-order valence-corrected chi connectivity index (χ0v) is 10.7. The Kier molecular flexibility index (Phi) is 3.08. The minimum Gasteiger partial charge on any atom is -0.299 e. The van der Waals surface area contributed by atoms with Crippen molar-refractivity contribution in [2.45, 2.75) is 43.9 Å². The van der Waals surface area contributed by atoms with Crippen molar-refractivity contribution in [3.8, 4) is 0 Å². The van der Waals surface area contributed by atoms with Crippen LogP contribution in [0.25, 0.3) is 0 Å². The Morgan fingerprint density at radius 1 is 0.947 bits per heavy atom. The van der Waals surface area contributed by atoms with Gasteiger partial charge in [-0.15, -0.1) is 0 Å². The molecule has 0 heterocycles.